The number of aliphatic hydroxyl groups is 1. The first-order valence-electron chi connectivity index (χ1n) is 11.7. The minimum absolute atomic E-state index is 0.0748. The number of nitrogens with one attached hydrogen (secondary N) is 1. The van der Waals surface area contributed by atoms with Crippen LogP contribution >= 0.6 is 0 Å². The average molecular weight is 390 g/mol. The molecule has 0 saturated carbocycles. The molecule has 1 aromatic carbocycles. The van der Waals surface area contributed by atoms with Gasteiger partial charge in [-0.25, -0.2) is 0 Å². The molecule has 28 heavy (non-hydrogen) atoms. The van der Waals surface area contributed by atoms with Gasteiger partial charge in [0.05, 0.1) is 6.10 Å². The fourth-order valence-corrected chi connectivity index (χ4v) is 3.57. The van der Waals surface area contributed by atoms with E-state index in [1.807, 2.05) is 30.3 Å². The number of rotatable bonds is 18. The van der Waals surface area contributed by atoms with Gasteiger partial charge in [-0.15, -0.1) is 0 Å². The van der Waals surface area contributed by atoms with Crippen molar-refractivity contribution in [3.8, 4) is 0 Å². The van der Waals surface area contributed by atoms with E-state index >= 15 is 0 Å². The number of amides is 1. The van der Waals surface area contributed by atoms with Crippen LogP contribution in [0.15, 0.2) is 30.3 Å². The van der Waals surface area contributed by atoms with Gasteiger partial charge < -0.3 is 10.4 Å². The van der Waals surface area contributed by atoms with Gasteiger partial charge >= 0.3 is 0 Å². The maximum atomic E-state index is 11.9. The van der Waals surface area contributed by atoms with E-state index in [9.17, 15) is 9.90 Å². The van der Waals surface area contributed by atoms with Crippen molar-refractivity contribution in [3.05, 3.63) is 35.9 Å². The molecule has 0 heterocycles. The molecule has 1 rings (SSSR count). The molecule has 0 fully saturated rings. The van der Waals surface area contributed by atoms with E-state index < -0.39 is 0 Å². The van der Waals surface area contributed by atoms with Crippen molar-refractivity contribution in [3.63, 3.8) is 0 Å². The highest BCUT2D eigenvalue weighted by molar-refractivity contribution is 5.75. The Morgan fingerprint density at radius 2 is 1.36 bits per heavy atom. The summed E-state index contributed by atoms with van der Waals surface area (Å²) in [6.07, 6.45) is 17.3. The molecule has 0 aromatic heterocycles. The van der Waals surface area contributed by atoms with Gasteiger partial charge in [0, 0.05) is 13.0 Å². The summed E-state index contributed by atoms with van der Waals surface area (Å²) in [7, 11) is 0. The minimum Gasteiger partial charge on any atom is -0.393 e. The second-order valence-electron chi connectivity index (χ2n) is 8.13. The van der Waals surface area contributed by atoms with Gasteiger partial charge in [0.25, 0.3) is 0 Å². The lowest BCUT2D eigenvalue weighted by atomic mass is 10.0. The summed E-state index contributed by atoms with van der Waals surface area (Å²) in [5.41, 5.74) is 1.12. The first-order valence-corrected chi connectivity index (χ1v) is 11.7. The van der Waals surface area contributed by atoms with Crippen molar-refractivity contribution in [1.82, 2.24) is 5.32 Å². The lowest BCUT2D eigenvalue weighted by Crippen LogP contribution is -2.22. The second kappa shape index (κ2) is 17.7. The summed E-state index contributed by atoms with van der Waals surface area (Å²) in [6.45, 7) is 2.85. The van der Waals surface area contributed by atoms with Crippen LogP contribution in [-0.4, -0.2) is 17.1 Å². The first-order chi connectivity index (χ1) is 13.7. The first kappa shape index (κ1) is 24.7. The molecule has 1 aromatic rings. The summed E-state index contributed by atoms with van der Waals surface area (Å²) >= 11 is 0. The zero-order valence-electron chi connectivity index (χ0n) is 18.1. The molecule has 0 radical (unpaired) electrons. The Balaban J connectivity index is 1.86. The van der Waals surface area contributed by atoms with Crippen molar-refractivity contribution in [2.75, 3.05) is 0 Å². The van der Waals surface area contributed by atoms with Crippen molar-refractivity contribution in [2.24, 2.45) is 0 Å². The van der Waals surface area contributed by atoms with Gasteiger partial charge in [-0.1, -0.05) is 108 Å². The van der Waals surface area contributed by atoms with Crippen molar-refractivity contribution in [1.29, 1.82) is 0 Å². The van der Waals surface area contributed by atoms with E-state index in [1.54, 1.807) is 0 Å². The van der Waals surface area contributed by atoms with E-state index in [0.717, 1.165) is 31.2 Å². The molecule has 0 bridgehead atoms. The number of carbonyl (C=O) groups is 1. The third kappa shape index (κ3) is 14.7. The van der Waals surface area contributed by atoms with E-state index in [-0.39, 0.29) is 12.0 Å². The molecule has 2 N–H and O–H groups in total. The number of carbonyl (C=O) groups excluding carboxylic acids is 1. The van der Waals surface area contributed by atoms with E-state index in [2.05, 4.69) is 12.2 Å². The van der Waals surface area contributed by atoms with Crippen LogP contribution in [0.5, 0.6) is 0 Å². The fourth-order valence-electron chi connectivity index (χ4n) is 3.57. The molecule has 3 heteroatoms. The van der Waals surface area contributed by atoms with Crippen molar-refractivity contribution < 1.29 is 9.90 Å². The van der Waals surface area contributed by atoms with E-state index in [0.29, 0.717) is 13.0 Å². The molecule has 1 unspecified atom stereocenters. The summed E-state index contributed by atoms with van der Waals surface area (Å²) in [6, 6.07) is 9.95. The minimum atomic E-state index is -0.250. The van der Waals surface area contributed by atoms with Gasteiger partial charge in [-0.2, -0.15) is 0 Å². The predicted octanol–water partition coefficient (Wildman–Crippen LogP) is 6.54. The van der Waals surface area contributed by atoms with Gasteiger partial charge in [-0.05, 0) is 24.8 Å². The monoisotopic (exact) mass is 389 g/mol. The lowest BCUT2D eigenvalue weighted by Gasteiger charge is -2.10. The van der Waals surface area contributed by atoms with Crippen molar-refractivity contribution in [2.45, 2.75) is 116 Å². The second-order valence-corrected chi connectivity index (χ2v) is 8.13. The summed E-state index contributed by atoms with van der Waals surface area (Å²) < 4.78 is 0. The van der Waals surface area contributed by atoms with Crippen LogP contribution in [0, 0.1) is 0 Å². The lowest BCUT2D eigenvalue weighted by molar-refractivity contribution is -0.121. The standard InChI is InChI=1S/C25H43NO2/c1-2-3-4-5-6-7-8-9-10-11-15-19-24(27)20-16-21-25(28)26-22-23-17-13-12-14-18-23/h12-14,17-18,24,27H,2-11,15-16,19-22H2,1H3,(H,26,28). The van der Waals surface area contributed by atoms with Crippen LogP contribution in [0.2, 0.25) is 0 Å². The van der Waals surface area contributed by atoms with Crippen LogP contribution in [0.25, 0.3) is 0 Å². The Morgan fingerprint density at radius 1 is 0.821 bits per heavy atom. The van der Waals surface area contributed by atoms with Gasteiger partial charge in [0.2, 0.25) is 5.91 Å². The summed E-state index contributed by atoms with van der Waals surface area (Å²) in [5, 5.41) is 13.0. The van der Waals surface area contributed by atoms with Crippen LogP contribution in [-0.2, 0) is 11.3 Å². The highest BCUT2D eigenvalue weighted by Crippen LogP contribution is 2.14. The Kier molecular flexibility index (Phi) is 15.6. The molecule has 0 spiro atoms. The molecular formula is C25H43NO2. The molecule has 1 atom stereocenters. The van der Waals surface area contributed by atoms with Crippen molar-refractivity contribution >= 4 is 5.91 Å². The van der Waals surface area contributed by atoms with Crippen LogP contribution in [0.3, 0.4) is 0 Å². The normalized spacial score (nSPS) is 12.1. The molecule has 0 aliphatic heterocycles. The van der Waals surface area contributed by atoms with E-state index in [4.69, 9.17) is 0 Å². The Hall–Kier alpha value is -1.35. The van der Waals surface area contributed by atoms with E-state index in [1.165, 1.54) is 64.2 Å². The average Bonchev–Trinajstić information content (AvgIpc) is 2.71. The molecule has 160 valence electrons. The molecule has 1 amide bonds. The number of aliphatic hydroxyl groups excluding tert-OH is 1. The Bertz CT molecular complexity index is 475. The Morgan fingerprint density at radius 3 is 1.96 bits per heavy atom. The molecule has 0 aliphatic carbocycles. The van der Waals surface area contributed by atoms with Crippen LogP contribution in [0.4, 0.5) is 0 Å². The smallest absolute Gasteiger partial charge is 0.220 e. The molecular weight excluding hydrogens is 346 g/mol. The quantitative estimate of drug-likeness (QED) is 0.280. The highest BCUT2D eigenvalue weighted by Gasteiger charge is 2.07. The Labute approximate surface area is 173 Å². The molecule has 0 aliphatic rings. The number of unbranched alkanes of at least 4 members (excludes halogenated alkanes) is 10. The maximum absolute atomic E-state index is 11.9. The molecule has 3 nitrogen and oxygen atoms in total. The predicted molar refractivity (Wildman–Crippen MR) is 119 cm³/mol. The molecule has 0 saturated heterocycles. The summed E-state index contributed by atoms with van der Waals surface area (Å²) in [5.74, 6) is 0.0748. The summed E-state index contributed by atoms with van der Waals surface area (Å²) in [4.78, 5) is 11.9. The number of benzene rings is 1. The third-order valence-electron chi connectivity index (χ3n) is 5.41. The van der Waals surface area contributed by atoms with Crippen LogP contribution < -0.4 is 5.32 Å². The van der Waals surface area contributed by atoms with Gasteiger partial charge in [-0.3, -0.25) is 4.79 Å². The fraction of sp³-hybridized carbons (Fsp3) is 0.720. The zero-order valence-corrected chi connectivity index (χ0v) is 18.1. The van der Waals surface area contributed by atoms with Gasteiger partial charge in [0.1, 0.15) is 0 Å². The third-order valence-corrected chi connectivity index (χ3v) is 5.41. The zero-order chi connectivity index (χ0) is 20.3. The SMILES string of the molecule is CCCCCCCCCCCCCC(O)CCCC(=O)NCc1ccccc1. The highest BCUT2D eigenvalue weighted by atomic mass is 16.3. The van der Waals surface area contributed by atoms with Crippen LogP contribution in [0.1, 0.15) is 109 Å². The number of hydrogen-bond acceptors (Lipinski definition) is 2. The topological polar surface area (TPSA) is 49.3 Å². The maximum Gasteiger partial charge on any atom is 0.220 e. The number of hydrogen-bond donors (Lipinski definition) is 2. The van der Waals surface area contributed by atoms with Gasteiger partial charge in [0.15, 0.2) is 0 Å². The largest absolute Gasteiger partial charge is 0.393 e.